The Kier molecular flexibility index (Phi) is 6.88. The van der Waals surface area contributed by atoms with E-state index in [0.717, 1.165) is 15.1 Å². The number of benzene rings is 3. The number of hydrazone groups is 1. The van der Waals surface area contributed by atoms with E-state index in [2.05, 4.69) is 10.5 Å². The zero-order chi connectivity index (χ0) is 22.4. The first kappa shape index (κ1) is 22.3. The SMILES string of the molecule is COc1ccc(/C=N\NC(=O)CN(C)S(=O)(=O)c2ccc3ccccc3c2)cc1OC. The molecule has 0 spiro atoms. The Bertz CT molecular complexity index is 1220. The Morgan fingerprint density at radius 3 is 2.42 bits per heavy atom. The van der Waals surface area contributed by atoms with E-state index in [0.29, 0.717) is 17.1 Å². The lowest BCUT2D eigenvalue weighted by molar-refractivity contribution is -0.121. The lowest BCUT2D eigenvalue weighted by Gasteiger charge is -2.16. The summed E-state index contributed by atoms with van der Waals surface area (Å²) < 4.78 is 37.0. The molecule has 1 N–H and O–H groups in total. The van der Waals surface area contributed by atoms with Crippen molar-refractivity contribution in [3.63, 3.8) is 0 Å². The van der Waals surface area contributed by atoms with Gasteiger partial charge in [0.15, 0.2) is 11.5 Å². The van der Waals surface area contributed by atoms with Gasteiger partial charge in [-0.25, -0.2) is 13.8 Å². The van der Waals surface area contributed by atoms with Gasteiger partial charge in [0.25, 0.3) is 5.91 Å². The molecule has 8 nitrogen and oxygen atoms in total. The minimum absolute atomic E-state index is 0.121. The van der Waals surface area contributed by atoms with Crippen LogP contribution in [0.3, 0.4) is 0 Å². The minimum Gasteiger partial charge on any atom is -0.493 e. The van der Waals surface area contributed by atoms with E-state index in [1.165, 1.54) is 33.5 Å². The van der Waals surface area contributed by atoms with Crippen molar-refractivity contribution < 1.29 is 22.7 Å². The molecule has 3 rings (SSSR count). The van der Waals surface area contributed by atoms with Crippen molar-refractivity contribution in [3.05, 3.63) is 66.2 Å². The molecule has 0 saturated heterocycles. The zero-order valence-electron chi connectivity index (χ0n) is 17.4. The highest BCUT2D eigenvalue weighted by Crippen LogP contribution is 2.26. The van der Waals surface area contributed by atoms with Crippen molar-refractivity contribution in [2.24, 2.45) is 5.10 Å². The topological polar surface area (TPSA) is 97.3 Å². The predicted molar refractivity (Wildman–Crippen MR) is 119 cm³/mol. The van der Waals surface area contributed by atoms with Crippen LogP contribution in [0.1, 0.15) is 5.56 Å². The van der Waals surface area contributed by atoms with Crippen LogP contribution in [0.2, 0.25) is 0 Å². The molecular formula is C22H23N3O5S. The van der Waals surface area contributed by atoms with Crippen molar-refractivity contribution in [1.82, 2.24) is 9.73 Å². The lowest BCUT2D eigenvalue weighted by Crippen LogP contribution is -2.36. The van der Waals surface area contributed by atoms with Gasteiger partial charge in [0.2, 0.25) is 10.0 Å². The Hall–Kier alpha value is -3.43. The highest BCUT2D eigenvalue weighted by molar-refractivity contribution is 7.89. The van der Waals surface area contributed by atoms with Crippen LogP contribution < -0.4 is 14.9 Å². The molecule has 0 aliphatic rings. The quantitative estimate of drug-likeness (QED) is 0.428. The number of nitrogens with one attached hydrogen (secondary N) is 1. The molecule has 0 aliphatic carbocycles. The van der Waals surface area contributed by atoms with E-state index in [4.69, 9.17) is 9.47 Å². The van der Waals surface area contributed by atoms with Crippen molar-refractivity contribution in [3.8, 4) is 11.5 Å². The van der Waals surface area contributed by atoms with Crippen LogP contribution in [0.15, 0.2) is 70.7 Å². The summed E-state index contributed by atoms with van der Waals surface area (Å²) in [4.78, 5) is 12.3. The number of likely N-dealkylation sites (N-methyl/N-ethyl adjacent to an activating group) is 1. The van der Waals surface area contributed by atoms with Crippen LogP contribution in [0, 0.1) is 0 Å². The molecule has 0 atom stereocenters. The minimum atomic E-state index is -3.83. The number of amides is 1. The number of carbonyl (C=O) groups excluding carboxylic acids is 1. The van der Waals surface area contributed by atoms with Crippen LogP contribution in [0.4, 0.5) is 0 Å². The predicted octanol–water partition coefficient (Wildman–Crippen LogP) is 2.63. The molecule has 0 saturated carbocycles. The fourth-order valence-corrected chi connectivity index (χ4v) is 4.11. The van der Waals surface area contributed by atoms with Gasteiger partial charge in [0.1, 0.15) is 0 Å². The second kappa shape index (κ2) is 9.59. The summed E-state index contributed by atoms with van der Waals surface area (Å²) in [5.74, 6) is 0.534. The third-order valence-electron chi connectivity index (χ3n) is 4.61. The number of sulfonamides is 1. The maximum absolute atomic E-state index is 12.8. The molecule has 162 valence electrons. The maximum atomic E-state index is 12.8. The molecule has 0 fully saturated rings. The van der Waals surface area contributed by atoms with Crippen molar-refractivity contribution in [2.45, 2.75) is 4.90 Å². The normalized spacial score (nSPS) is 11.7. The fourth-order valence-electron chi connectivity index (χ4n) is 2.94. The number of ether oxygens (including phenoxy) is 2. The van der Waals surface area contributed by atoms with Crippen LogP contribution in [0.25, 0.3) is 10.8 Å². The van der Waals surface area contributed by atoms with Crippen LogP contribution in [-0.4, -0.2) is 52.7 Å². The summed E-state index contributed by atoms with van der Waals surface area (Å²) in [6, 6.07) is 17.5. The van der Waals surface area contributed by atoms with Gasteiger partial charge < -0.3 is 9.47 Å². The molecule has 0 unspecified atom stereocenters. The van der Waals surface area contributed by atoms with Gasteiger partial charge in [-0.05, 0) is 46.7 Å². The molecule has 3 aromatic carbocycles. The number of hydrogen-bond acceptors (Lipinski definition) is 6. The Morgan fingerprint density at radius 2 is 1.71 bits per heavy atom. The largest absolute Gasteiger partial charge is 0.493 e. The molecular weight excluding hydrogens is 418 g/mol. The van der Waals surface area contributed by atoms with Crippen LogP contribution in [-0.2, 0) is 14.8 Å². The molecule has 1 amide bonds. The van der Waals surface area contributed by atoms with Gasteiger partial charge >= 0.3 is 0 Å². The average Bonchev–Trinajstić information content (AvgIpc) is 2.78. The molecule has 31 heavy (non-hydrogen) atoms. The molecule has 9 heteroatoms. The summed E-state index contributed by atoms with van der Waals surface area (Å²) in [5, 5.41) is 5.62. The highest BCUT2D eigenvalue weighted by Gasteiger charge is 2.23. The van der Waals surface area contributed by atoms with Gasteiger partial charge in [-0.3, -0.25) is 4.79 Å². The summed E-state index contributed by atoms with van der Waals surface area (Å²) in [6.07, 6.45) is 1.43. The third kappa shape index (κ3) is 5.19. The third-order valence-corrected chi connectivity index (χ3v) is 6.41. The van der Waals surface area contributed by atoms with Gasteiger partial charge in [-0.15, -0.1) is 0 Å². The molecule has 0 radical (unpaired) electrons. The molecule has 0 aromatic heterocycles. The second-order valence-electron chi connectivity index (χ2n) is 6.68. The number of rotatable bonds is 8. The van der Waals surface area contributed by atoms with E-state index in [-0.39, 0.29) is 11.4 Å². The van der Waals surface area contributed by atoms with Crippen molar-refractivity contribution in [1.29, 1.82) is 0 Å². The summed E-state index contributed by atoms with van der Waals surface area (Å²) in [6.45, 7) is -0.377. The number of nitrogens with zero attached hydrogens (tertiary/aromatic N) is 2. The zero-order valence-corrected chi connectivity index (χ0v) is 18.2. The fraction of sp³-hybridized carbons (Fsp3) is 0.182. The monoisotopic (exact) mass is 441 g/mol. The van der Waals surface area contributed by atoms with E-state index in [1.807, 2.05) is 24.3 Å². The Morgan fingerprint density at radius 1 is 1.00 bits per heavy atom. The summed E-state index contributed by atoms with van der Waals surface area (Å²) in [7, 11) is 0.576. The maximum Gasteiger partial charge on any atom is 0.255 e. The molecule has 0 heterocycles. The Labute approximate surface area is 181 Å². The van der Waals surface area contributed by atoms with Crippen LogP contribution >= 0.6 is 0 Å². The average molecular weight is 442 g/mol. The van der Waals surface area contributed by atoms with Crippen LogP contribution in [0.5, 0.6) is 11.5 Å². The summed E-state index contributed by atoms with van der Waals surface area (Å²) >= 11 is 0. The smallest absolute Gasteiger partial charge is 0.255 e. The van der Waals surface area contributed by atoms with Crippen molar-refractivity contribution >= 4 is 32.9 Å². The van der Waals surface area contributed by atoms with Gasteiger partial charge in [0.05, 0.1) is 31.9 Å². The molecule has 0 bridgehead atoms. The van der Waals surface area contributed by atoms with Crippen molar-refractivity contribution in [2.75, 3.05) is 27.8 Å². The number of methoxy groups -OCH3 is 2. The first-order chi connectivity index (χ1) is 14.8. The van der Waals surface area contributed by atoms with E-state index < -0.39 is 15.9 Å². The molecule has 0 aliphatic heterocycles. The van der Waals surface area contributed by atoms with E-state index in [1.54, 1.807) is 30.3 Å². The van der Waals surface area contributed by atoms with Gasteiger partial charge in [-0.1, -0.05) is 30.3 Å². The number of fused-ring (bicyclic) bond motifs is 1. The number of carbonyl (C=O) groups is 1. The summed E-state index contributed by atoms with van der Waals surface area (Å²) in [5.41, 5.74) is 3.01. The second-order valence-corrected chi connectivity index (χ2v) is 8.72. The lowest BCUT2D eigenvalue weighted by atomic mass is 10.1. The highest BCUT2D eigenvalue weighted by atomic mass is 32.2. The van der Waals surface area contributed by atoms with E-state index in [9.17, 15) is 13.2 Å². The standard InChI is InChI=1S/C22H23N3O5S/c1-25(31(27,28)19-10-9-17-6-4-5-7-18(17)13-19)15-22(26)24-23-14-16-8-11-20(29-2)21(12-16)30-3/h4-14H,15H2,1-3H3,(H,24,26)/b23-14-. The first-order valence-corrected chi connectivity index (χ1v) is 10.8. The van der Waals surface area contributed by atoms with Gasteiger partial charge in [0, 0.05) is 7.05 Å². The number of hydrogen-bond donors (Lipinski definition) is 1. The van der Waals surface area contributed by atoms with E-state index >= 15 is 0 Å². The first-order valence-electron chi connectivity index (χ1n) is 9.34. The Balaban J connectivity index is 1.64. The van der Waals surface area contributed by atoms with Gasteiger partial charge in [-0.2, -0.15) is 9.41 Å². The molecule has 3 aromatic rings.